The topological polar surface area (TPSA) is 127 Å². The lowest BCUT2D eigenvalue weighted by Gasteiger charge is -2.56. The second-order valence-electron chi connectivity index (χ2n) is 13.5. The number of fused-ring (bicyclic) bond motifs is 3. The van der Waals surface area contributed by atoms with Gasteiger partial charge in [0, 0.05) is 22.8 Å². The number of rotatable bonds is 5. The van der Waals surface area contributed by atoms with Gasteiger partial charge in [-0.3, -0.25) is 18.9 Å². The minimum Gasteiger partial charge on any atom is -0.340 e. The average molecular weight is 632 g/mol. The van der Waals surface area contributed by atoms with Gasteiger partial charge in [-0.2, -0.15) is 0 Å². The molecule has 12 heteroatoms. The number of alkyl halides is 1. The SMILES string of the molecule is CC1C2C[C@H]3CC[C@@H](C(=O)N4CCC45CCCCC5)N3C(=O)[C@@H](NC(=O)c3cc4cc(C(F)P(=O)(O)O)ccc4s3)CC12. The lowest BCUT2D eigenvalue weighted by molar-refractivity contribution is -0.160. The van der Waals surface area contributed by atoms with Crippen molar-refractivity contribution in [1.82, 2.24) is 15.1 Å². The van der Waals surface area contributed by atoms with Gasteiger partial charge in [-0.05, 0) is 91.8 Å². The quantitative estimate of drug-likeness (QED) is 0.394. The van der Waals surface area contributed by atoms with Crippen molar-refractivity contribution in [1.29, 1.82) is 0 Å². The Morgan fingerprint density at radius 2 is 1.84 bits per heavy atom. The van der Waals surface area contributed by atoms with Gasteiger partial charge in [0.15, 0.2) is 0 Å². The fraction of sp³-hybridized carbons (Fsp3) is 0.645. The first-order chi connectivity index (χ1) is 20.5. The molecule has 0 radical (unpaired) electrons. The predicted molar refractivity (Wildman–Crippen MR) is 160 cm³/mol. The Morgan fingerprint density at radius 1 is 1.09 bits per heavy atom. The number of hydrogen-bond donors (Lipinski definition) is 3. The zero-order valence-corrected chi connectivity index (χ0v) is 26.0. The molecule has 2 aliphatic carbocycles. The summed E-state index contributed by atoms with van der Waals surface area (Å²) >= 11 is 1.18. The molecule has 7 rings (SSSR count). The van der Waals surface area contributed by atoms with Crippen molar-refractivity contribution in [2.75, 3.05) is 6.54 Å². The molecule has 2 saturated carbocycles. The molecule has 232 valence electrons. The average Bonchev–Trinajstić information content (AvgIpc) is 3.31. The van der Waals surface area contributed by atoms with Crippen LogP contribution in [0, 0.1) is 17.8 Å². The highest BCUT2D eigenvalue weighted by molar-refractivity contribution is 7.51. The number of hydrogen-bond acceptors (Lipinski definition) is 5. The van der Waals surface area contributed by atoms with E-state index in [1.807, 2.05) is 4.90 Å². The van der Waals surface area contributed by atoms with E-state index in [1.165, 1.54) is 29.9 Å². The molecular formula is C31H39FN3O6PS. The number of halogens is 1. The molecule has 3 N–H and O–H groups in total. The number of likely N-dealkylation sites (tertiary alicyclic amines) is 1. The smallest absolute Gasteiger partial charge is 0.340 e. The van der Waals surface area contributed by atoms with E-state index >= 15 is 0 Å². The summed E-state index contributed by atoms with van der Waals surface area (Å²) in [6, 6.07) is 4.57. The third kappa shape index (κ3) is 5.04. The largest absolute Gasteiger partial charge is 0.363 e. The van der Waals surface area contributed by atoms with Crippen molar-refractivity contribution in [3.63, 3.8) is 0 Å². The Bertz CT molecular complexity index is 1520. The van der Waals surface area contributed by atoms with E-state index in [1.54, 1.807) is 12.1 Å². The van der Waals surface area contributed by atoms with Gasteiger partial charge < -0.3 is 24.9 Å². The molecule has 9 nitrogen and oxygen atoms in total. The maximum Gasteiger partial charge on any atom is 0.363 e. The summed E-state index contributed by atoms with van der Waals surface area (Å²) in [5.41, 5.74) is -0.181. The number of nitrogens with one attached hydrogen (secondary N) is 1. The van der Waals surface area contributed by atoms with Gasteiger partial charge in [-0.15, -0.1) is 11.3 Å². The van der Waals surface area contributed by atoms with Crippen LogP contribution in [0.4, 0.5) is 4.39 Å². The summed E-state index contributed by atoms with van der Waals surface area (Å²) in [6.07, 6.45) is 9.56. The van der Waals surface area contributed by atoms with Crippen molar-refractivity contribution < 1.29 is 33.1 Å². The van der Waals surface area contributed by atoms with E-state index < -0.39 is 31.5 Å². The van der Waals surface area contributed by atoms with Crippen molar-refractivity contribution in [3.8, 4) is 0 Å². The van der Waals surface area contributed by atoms with Crippen LogP contribution in [-0.2, 0) is 14.2 Å². The lowest BCUT2D eigenvalue weighted by Crippen LogP contribution is -2.67. The van der Waals surface area contributed by atoms with Crippen LogP contribution >= 0.6 is 18.9 Å². The van der Waals surface area contributed by atoms with Gasteiger partial charge >= 0.3 is 7.60 Å². The Morgan fingerprint density at radius 3 is 2.53 bits per heavy atom. The molecule has 2 aromatic rings. The molecule has 3 aliphatic heterocycles. The van der Waals surface area contributed by atoms with Gasteiger partial charge in [0.2, 0.25) is 17.7 Å². The number of nitrogens with zero attached hydrogens (tertiary/aromatic N) is 2. The van der Waals surface area contributed by atoms with Crippen LogP contribution < -0.4 is 5.32 Å². The van der Waals surface area contributed by atoms with Gasteiger partial charge in [-0.25, -0.2) is 4.39 Å². The first-order valence-electron chi connectivity index (χ1n) is 15.6. The van der Waals surface area contributed by atoms with Gasteiger partial charge in [0.1, 0.15) is 12.1 Å². The van der Waals surface area contributed by atoms with E-state index in [-0.39, 0.29) is 29.0 Å². The fourth-order valence-electron chi connectivity index (χ4n) is 8.63. The Balaban J connectivity index is 1.12. The molecule has 7 atom stereocenters. The number of thiophene rings is 1. The monoisotopic (exact) mass is 631 g/mol. The fourth-order valence-corrected chi connectivity index (χ4v) is 10.1. The molecular weight excluding hydrogens is 592 g/mol. The van der Waals surface area contributed by atoms with Gasteiger partial charge in [-0.1, -0.05) is 32.3 Å². The van der Waals surface area contributed by atoms with Crippen LogP contribution in [0.15, 0.2) is 24.3 Å². The van der Waals surface area contributed by atoms with Gasteiger partial charge in [0.25, 0.3) is 5.91 Å². The molecule has 3 saturated heterocycles. The molecule has 43 heavy (non-hydrogen) atoms. The van der Waals surface area contributed by atoms with Crippen LogP contribution in [0.25, 0.3) is 10.1 Å². The van der Waals surface area contributed by atoms with Crippen LogP contribution in [0.1, 0.15) is 92.3 Å². The first-order valence-corrected chi connectivity index (χ1v) is 18.1. The number of benzene rings is 1. The maximum absolute atomic E-state index is 14.3. The summed E-state index contributed by atoms with van der Waals surface area (Å²) in [4.78, 5) is 64.5. The number of carbonyl (C=O) groups excluding carboxylic acids is 3. The van der Waals surface area contributed by atoms with E-state index in [9.17, 15) is 33.1 Å². The van der Waals surface area contributed by atoms with Crippen molar-refractivity contribution in [2.45, 2.75) is 101 Å². The minimum atomic E-state index is -4.96. The molecule has 5 fully saturated rings. The zero-order chi connectivity index (χ0) is 30.3. The Kier molecular flexibility index (Phi) is 7.27. The van der Waals surface area contributed by atoms with Crippen LogP contribution in [0.2, 0.25) is 0 Å². The standard InChI is InChI=1S/C31H39FN3O6PS/c1-17-21-15-20-6-7-24(30(38)34-12-11-31(34)9-3-2-4-10-31)35(20)29(37)23(16-22(17)21)33-28(36)26-14-19-13-18(5-8-25(19)43-26)27(32)42(39,40)41/h5,8,13-14,17,20-24,27H,2-4,6-7,9-12,15-16H2,1H3,(H,33,36)(H2,39,40,41)/t17?,20-,21?,22?,23+,24+,27?/m1/s1. The molecule has 4 heterocycles. The highest BCUT2D eigenvalue weighted by Gasteiger charge is 2.57. The summed E-state index contributed by atoms with van der Waals surface area (Å²) < 4.78 is 26.4. The molecule has 5 aliphatic rings. The number of amides is 3. The van der Waals surface area contributed by atoms with E-state index in [0.29, 0.717) is 45.6 Å². The second-order valence-corrected chi connectivity index (χ2v) is 16.2. The summed E-state index contributed by atoms with van der Waals surface area (Å²) in [5, 5.41) is 3.50. The predicted octanol–water partition coefficient (Wildman–Crippen LogP) is 5.12. The van der Waals surface area contributed by atoms with Crippen LogP contribution in [-0.4, -0.2) is 67.5 Å². The van der Waals surface area contributed by atoms with Crippen LogP contribution in [0.3, 0.4) is 0 Å². The highest BCUT2D eigenvalue weighted by Crippen LogP contribution is 2.55. The summed E-state index contributed by atoms with van der Waals surface area (Å²) in [6.45, 7) is 2.97. The van der Waals surface area contributed by atoms with Crippen LogP contribution in [0.5, 0.6) is 0 Å². The molecule has 1 aromatic heterocycles. The zero-order valence-electron chi connectivity index (χ0n) is 24.3. The maximum atomic E-state index is 14.3. The van der Waals surface area contributed by atoms with E-state index in [0.717, 1.165) is 51.5 Å². The molecule has 4 unspecified atom stereocenters. The lowest BCUT2D eigenvalue weighted by atomic mass is 9.72. The first kappa shape index (κ1) is 29.4. The second kappa shape index (κ2) is 10.6. The Hall–Kier alpha value is -2.33. The third-order valence-electron chi connectivity index (χ3n) is 11.2. The Labute approximate surface area is 254 Å². The van der Waals surface area contributed by atoms with Crippen molar-refractivity contribution in [3.05, 3.63) is 34.7 Å². The molecule has 1 aromatic carbocycles. The number of carbonyl (C=O) groups is 3. The summed E-state index contributed by atoms with van der Waals surface area (Å²) in [5.74, 6) is -1.65. The van der Waals surface area contributed by atoms with Crippen molar-refractivity contribution in [2.24, 2.45) is 17.8 Å². The van der Waals surface area contributed by atoms with Crippen molar-refractivity contribution >= 4 is 46.7 Å². The third-order valence-corrected chi connectivity index (χ3v) is 13.2. The molecule has 0 bridgehead atoms. The summed E-state index contributed by atoms with van der Waals surface area (Å²) in [7, 11) is -4.96. The normalized spacial score (nSPS) is 32.4. The van der Waals surface area contributed by atoms with E-state index in [2.05, 4.69) is 17.1 Å². The highest BCUT2D eigenvalue weighted by atomic mass is 32.1. The molecule has 3 amide bonds. The van der Waals surface area contributed by atoms with E-state index in [4.69, 9.17) is 0 Å². The minimum absolute atomic E-state index is 0.00704. The van der Waals surface area contributed by atoms with Gasteiger partial charge in [0.05, 0.1) is 4.88 Å². The molecule has 1 spiro atoms.